The molecule has 1 saturated carbocycles. The highest BCUT2D eigenvalue weighted by molar-refractivity contribution is 6.48. The summed E-state index contributed by atoms with van der Waals surface area (Å²) in [5.41, 5.74) is 13.3. The van der Waals surface area contributed by atoms with Crippen molar-refractivity contribution in [1.29, 1.82) is 0 Å². The Morgan fingerprint density at radius 3 is 2.34 bits per heavy atom. The molecule has 4 aliphatic carbocycles. The first-order chi connectivity index (χ1) is 16.1. The van der Waals surface area contributed by atoms with Gasteiger partial charge in [-0.05, 0) is 127 Å². The summed E-state index contributed by atoms with van der Waals surface area (Å²) in [7, 11) is -0.720. The third kappa shape index (κ3) is 4.69. The molecule has 0 aliphatic heterocycles. The third-order valence-electron chi connectivity index (χ3n) is 11.5. The summed E-state index contributed by atoms with van der Waals surface area (Å²) in [4.78, 5) is 0. The molecule has 1 radical (unpaired) electrons. The number of allylic oxidation sites excluding steroid dienone is 4. The Morgan fingerprint density at radius 2 is 1.71 bits per heavy atom. The summed E-state index contributed by atoms with van der Waals surface area (Å²) in [5, 5.41) is 0. The lowest BCUT2D eigenvalue weighted by Crippen LogP contribution is -2.53. The first kappa shape index (κ1) is 27.6. The van der Waals surface area contributed by atoms with E-state index >= 15 is 0 Å². The van der Waals surface area contributed by atoms with Gasteiger partial charge in [-0.3, -0.25) is 0 Å². The fraction of sp³-hybridized carbons (Fsp3) is 0.875. The van der Waals surface area contributed by atoms with E-state index in [1.807, 2.05) is 5.57 Å². The third-order valence-corrected chi connectivity index (χ3v) is 12.3. The van der Waals surface area contributed by atoms with Gasteiger partial charge in [0.1, 0.15) is 0 Å². The zero-order chi connectivity index (χ0) is 26.0. The van der Waals surface area contributed by atoms with Crippen molar-refractivity contribution in [3.05, 3.63) is 22.8 Å². The van der Waals surface area contributed by atoms with E-state index in [-0.39, 0.29) is 6.23 Å². The van der Waals surface area contributed by atoms with Crippen LogP contribution in [0.3, 0.4) is 0 Å². The number of hydrogen-bond donors (Lipinski definition) is 1. The lowest BCUT2D eigenvalue weighted by Gasteiger charge is -2.62. The van der Waals surface area contributed by atoms with Gasteiger partial charge in [0, 0.05) is 0 Å². The van der Waals surface area contributed by atoms with Crippen LogP contribution in [0.4, 0.5) is 0 Å². The molecule has 1 fully saturated rings. The summed E-state index contributed by atoms with van der Waals surface area (Å²) in [5.74, 6) is 3.08. The van der Waals surface area contributed by atoms with Crippen LogP contribution in [0.25, 0.3) is 0 Å². The predicted octanol–water partition coefficient (Wildman–Crippen LogP) is 8.90. The number of nitrogens with two attached hydrogens (primary N) is 1. The van der Waals surface area contributed by atoms with Gasteiger partial charge in [-0.2, -0.15) is 0 Å². The van der Waals surface area contributed by atoms with E-state index in [0.717, 1.165) is 24.2 Å². The molecule has 4 rings (SSSR count). The van der Waals surface area contributed by atoms with Gasteiger partial charge in [-0.1, -0.05) is 67.0 Å². The van der Waals surface area contributed by atoms with Crippen molar-refractivity contribution in [3.8, 4) is 0 Å². The molecule has 7 atom stereocenters. The molecule has 2 N–H and O–H groups in total. The second kappa shape index (κ2) is 9.42. The normalized spacial score (nSPS) is 38.5. The van der Waals surface area contributed by atoms with E-state index in [2.05, 4.69) is 74.6 Å². The molecule has 0 spiro atoms. The van der Waals surface area contributed by atoms with Crippen molar-refractivity contribution < 1.29 is 4.43 Å². The maximum absolute atomic E-state index is 6.29. The van der Waals surface area contributed by atoms with E-state index in [9.17, 15) is 0 Å². The van der Waals surface area contributed by atoms with Crippen molar-refractivity contribution in [1.82, 2.24) is 0 Å². The van der Waals surface area contributed by atoms with Crippen molar-refractivity contribution in [2.24, 2.45) is 51.1 Å². The first-order valence-electron chi connectivity index (χ1n) is 14.8. The van der Waals surface area contributed by atoms with Crippen LogP contribution in [-0.2, 0) is 4.43 Å². The van der Waals surface area contributed by atoms with Crippen molar-refractivity contribution in [3.63, 3.8) is 0 Å². The highest BCUT2D eigenvalue weighted by Crippen LogP contribution is 2.69. The maximum atomic E-state index is 6.29. The summed E-state index contributed by atoms with van der Waals surface area (Å²) in [6.07, 6.45) is 14.2. The second-order valence-corrected chi connectivity index (χ2v) is 17.3. The number of fused-ring (bicyclic) bond motifs is 4. The van der Waals surface area contributed by atoms with Crippen molar-refractivity contribution >= 4 is 9.04 Å². The highest BCUT2D eigenvalue weighted by atomic mass is 28.3. The van der Waals surface area contributed by atoms with Gasteiger partial charge >= 0.3 is 0 Å². The second-order valence-electron chi connectivity index (χ2n) is 15.2. The van der Waals surface area contributed by atoms with E-state index in [1.54, 1.807) is 11.1 Å². The summed E-state index contributed by atoms with van der Waals surface area (Å²) < 4.78 is 5.93. The molecular formula is C32H56NOSi. The molecule has 0 heterocycles. The molecular weight excluding hydrogens is 442 g/mol. The Hall–Kier alpha value is -0.383. The van der Waals surface area contributed by atoms with Gasteiger partial charge in [0.2, 0.25) is 9.04 Å². The van der Waals surface area contributed by atoms with Crippen LogP contribution in [0, 0.1) is 45.3 Å². The standard InChI is InChI=1S/C32H56NOSi/c1-21(11-16-28(33)34-35(9)10)23-13-14-24-22-12-15-27-30(5,6)26(29(2,3)4)18-20-32(27,8)25(22)17-19-31(23,24)7/h14,21,23,26-28H,11-13,15-20,33H2,1-10H3/t21-,23-,26-,27+,28?,31-,32-/m1/s1. The van der Waals surface area contributed by atoms with Crippen LogP contribution in [-0.4, -0.2) is 15.3 Å². The zero-order valence-electron chi connectivity index (χ0n) is 24.8. The van der Waals surface area contributed by atoms with Gasteiger partial charge in [0.05, 0.1) is 6.23 Å². The van der Waals surface area contributed by atoms with Crippen LogP contribution in [0.2, 0.25) is 13.1 Å². The molecule has 0 aromatic heterocycles. The molecule has 3 heteroatoms. The van der Waals surface area contributed by atoms with Crippen LogP contribution in [0.5, 0.6) is 0 Å². The SMILES string of the molecule is C[C@H](CCC(N)O[Si](C)C)[C@H]1CC=C2C3=C(CC[C@@]21C)[C@@]1(C)CC[C@H](C(C)(C)C)C(C)(C)[C@@H]1CC3. The molecule has 0 aromatic carbocycles. The molecule has 0 saturated heterocycles. The molecule has 0 bridgehead atoms. The minimum absolute atomic E-state index is 0.0783. The van der Waals surface area contributed by atoms with Crippen molar-refractivity contribution in [2.75, 3.05) is 0 Å². The fourth-order valence-corrected chi connectivity index (χ4v) is 10.9. The Bertz CT molecular complexity index is 863. The van der Waals surface area contributed by atoms with E-state index < -0.39 is 9.04 Å². The average molecular weight is 499 g/mol. The van der Waals surface area contributed by atoms with Crippen molar-refractivity contribution in [2.45, 2.75) is 132 Å². The minimum atomic E-state index is -0.720. The molecule has 1 unspecified atom stereocenters. The molecule has 0 aromatic rings. The van der Waals surface area contributed by atoms with Crippen LogP contribution >= 0.6 is 0 Å². The fourth-order valence-electron chi connectivity index (χ4n) is 10.1. The quantitative estimate of drug-likeness (QED) is 0.293. The topological polar surface area (TPSA) is 35.2 Å². The van der Waals surface area contributed by atoms with Crippen LogP contribution < -0.4 is 5.73 Å². The predicted molar refractivity (Wildman–Crippen MR) is 152 cm³/mol. The van der Waals surface area contributed by atoms with E-state index in [1.165, 1.54) is 51.4 Å². The summed E-state index contributed by atoms with van der Waals surface area (Å²) >= 11 is 0. The average Bonchev–Trinajstić information content (AvgIpc) is 3.07. The van der Waals surface area contributed by atoms with Gasteiger partial charge in [-0.25, -0.2) is 0 Å². The highest BCUT2D eigenvalue weighted by Gasteiger charge is 2.58. The minimum Gasteiger partial charge on any atom is -0.402 e. The van der Waals surface area contributed by atoms with Gasteiger partial charge in [-0.15, -0.1) is 0 Å². The van der Waals surface area contributed by atoms with Gasteiger partial charge in [0.25, 0.3) is 0 Å². The largest absolute Gasteiger partial charge is 0.402 e. The Balaban J connectivity index is 1.55. The maximum Gasteiger partial charge on any atom is 0.207 e. The number of hydrogen-bond acceptors (Lipinski definition) is 2. The first-order valence-corrected chi connectivity index (χ1v) is 17.2. The summed E-state index contributed by atoms with van der Waals surface area (Å²) in [6, 6.07) is 0. The summed E-state index contributed by atoms with van der Waals surface area (Å²) in [6.45, 7) is 24.8. The van der Waals surface area contributed by atoms with Gasteiger partial charge < -0.3 is 10.2 Å². The van der Waals surface area contributed by atoms with Crippen LogP contribution in [0.1, 0.15) is 113 Å². The van der Waals surface area contributed by atoms with E-state index in [0.29, 0.717) is 27.6 Å². The molecule has 2 nitrogen and oxygen atoms in total. The Morgan fingerprint density at radius 1 is 1.03 bits per heavy atom. The molecule has 35 heavy (non-hydrogen) atoms. The smallest absolute Gasteiger partial charge is 0.207 e. The lowest BCUT2D eigenvalue weighted by molar-refractivity contribution is -0.0804. The van der Waals surface area contributed by atoms with Crippen LogP contribution in [0.15, 0.2) is 22.8 Å². The Kier molecular flexibility index (Phi) is 7.44. The van der Waals surface area contributed by atoms with E-state index in [4.69, 9.17) is 10.2 Å². The number of rotatable bonds is 6. The lowest BCUT2D eigenvalue weighted by atomic mass is 9.42. The monoisotopic (exact) mass is 498 g/mol. The molecule has 199 valence electrons. The Labute approximate surface area is 219 Å². The zero-order valence-corrected chi connectivity index (χ0v) is 25.8. The van der Waals surface area contributed by atoms with Gasteiger partial charge in [0.15, 0.2) is 0 Å². The molecule has 0 amide bonds. The molecule has 4 aliphatic rings.